The van der Waals surface area contributed by atoms with Crippen molar-refractivity contribution in [2.75, 3.05) is 10.6 Å². The lowest BCUT2D eigenvalue weighted by Crippen LogP contribution is -2.22. The number of fused-ring (bicyclic) bond motifs is 1. The fourth-order valence-electron chi connectivity index (χ4n) is 4.13. The van der Waals surface area contributed by atoms with E-state index in [9.17, 15) is 4.79 Å². The van der Waals surface area contributed by atoms with Crippen LogP contribution in [0.2, 0.25) is 0 Å². The maximum absolute atomic E-state index is 13.2. The van der Waals surface area contributed by atoms with Crippen molar-refractivity contribution in [2.24, 2.45) is 0 Å². The third-order valence-electron chi connectivity index (χ3n) is 5.77. The normalized spacial score (nSPS) is 11.3. The van der Waals surface area contributed by atoms with Crippen molar-refractivity contribution in [1.29, 1.82) is 0 Å². The lowest BCUT2D eigenvalue weighted by Gasteiger charge is -2.20. The van der Waals surface area contributed by atoms with Crippen molar-refractivity contribution < 1.29 is 4.79 Å². The molecule has 5 heteroatoms. The van der Waals surface area contributed by atoms with E-state index in [2.05, 4.69) is 75.6 Å². The van der Waals surface area contributed by atoms with Gasteiger partial charge in [-0.2, -0.15) is 0 Å². The van der Waals surface area contributed by atoms with Crippen molar-refractivity contribution in [2.45, 2.75) is 46.5 Å². The molecule has 2 amide bonds. The van der Waals surface area contributed by atoms with E-state index in [4.69, 9.17) is 4.98 Å². The molecule has 0 spiro atoms. The van der Waals surface area contributed by atoms with Crippen molar-refractivity contribution in [3.8, 4) is 11.3 Å². The number of hydrogen-bond acceptors (Lipinski definition) is 2. The maximum atomic E-state index is 13.2. The van der Waals surface area contributed by atoms with Gasteiger partial charge in [-0.15, -0.1) is 0 Å². The molecule has 2 N–H and O–H groups in total. The van der Waals surface area contributed by atoms with Crippen LogP contribution in [-0.2, 0) is 0 Å². The third-order valence-corrected chi connectivity index (χ3v) is 5.77. The molecule has 2 aromatic heterocycles. The smallest absolute Gasteiger partial charge is 0.307 e. The number of anilines is 2. The molecular weight excluding hydrogens is 396 g/mol. The molecule has 4 aromatic rings. The second kappa shape index (κ2) is 8.87. The fourth-order valence-corrected chi connectivity index (χ4v) is 4.13. The molecule has 0 bridgehead atoms. The maximum Gasteiger partial charge on any atom is 0.324 e. The Morgan fingerprint density at radius 2 is 1.50 bits per heavy atom. The standard InChI is InChI=1S/C27H30N4O/c1-17(2)20-13-10-14-21(18(3)4)24(20)29-27(32)30-26-25(22-12-7-6-11-19(22)5)31-16-9-8-15-23(31)28-26/h6-18H,1-5H3,(H2,29,30,32). The summed E-state index contributed by atoms with van der Waals surface area (Å²) in [6.07, 6.45) is 1.97. The van der Waals surface area contributed by atoms with Gasteiger partial charge in [0.2, 0.25) is 0 Å². The molecule has 0 aliphatic carbocycles. The number of pyridine rings is 1. The van der Waals surface area contributed by atoms with Crippen LogP contribution in [0, 0.1) is 6.92 Å². The van der Waals surface area contributed by atoms with E-state index in [1.165, 1.54) is 0 Å². The summed E-state index contributed by atoms with van der Waals surface area (Å²) in [5.41, 5.74) is 6.94. The number of carbonyl (C=O) groups excluding carboxylic acids is 1. The molecule has 0 saturated heterocycles. The van der Waals surface area contributed by atoms with Crippen LogP contribution in [0.5, 0.6) is 0 Å². The van der Waals surface area contributed by atoms with E-state index in [0.717, 1.165) is 39.3 Å². The number of nitrogens with one attached hydrogen (secondary N) is 2. The van der Waals surface area contributed by atoms with Crippen LogP contribution in [0.1, 0.15) is 56.2 Å². The van der Waals surface area contributed by atoms with Crippen LogP contribution in [0.25, 0.3) is 16.9 Å². The Bertz CT molecular complexity index is 1240. The number of urea groups is 1. The number of carbonyl (C=O) groups is 1. The highest BCUT2D eigenvalue weighted by molar-refractivity contribution is 6.02. The van der Waals surface area contributed by atoms with E-state index in [1.807, 2.05) is 40.9 Å². The Labute approximate surface area is 189 Å². The van der Waals surface area contributed by atoms with Crippen LogP contribution in [0.4, 0.5) is 16.3 Å². The first-order valence-corrected chi connectivity index (χ1v) is 11.1. The Hall–Kier alpha value is -3.60. The number of amides is 2. The summed E-state index contributed by atoms with van der Waals surface area (Å²) >= 11 is 0. The van der Waals surface area contributed by atoms with Gasteiger partial charge in [0, 0.05) is 17.4 Å². The van der Waals surface area contributed by atoms with Crippen LogP contribution in [0.3, 0.4) is 0 Å². The average molecular weight is 427 g/mol. The number of aryl methyl sites for hydroxylation is 1. The van der Waals surface area contributed by atoms with Gasteiger partial charge in [-0.1, -0.05) is 76.2 Å². The summed E-state index contributed by atoms with van der Waals surface area (Å²) in [5.74, 6) is 1.12. The second-order valence-electron chi connectivity index (χ2n) is 8.75. The van der Waals surface area contributed by atoms with Crippen LogP contribution in [-0.4, -0.2) is 15.4 Å². The zero-order chi connectivity index (χ0) is 22.8. The number of rotatable bonds is 5. The monoisotopic (exact) mass is 426 g/mol. The Balaban J connectivity index is 1.74. The highest BCUT2D eigenvalue weighted by Crippen LogP contribution is 2.34. The van der Waals surface area contributed by atoms with E-state index in [0.29, 0.717) is 17.7 Å². The summed E-state index contributed by atoms with van der Waals surface area (Å²) in [4.78, 5) is 17.9. The zero-order valence-electron chi connectivity index (χ0n) is 19.3. The topological polar surface area (TPSA) is 58.4 Å². The van der Waals surface area contributed by atoms with Crippen LogP contribution in [0.15, 0.2) is 66.9 Å². The van der Waals surface area contributed by atoms with Gasteiger partial charge in [0.15, 0.2) is 5.82 Å². The second-order valence-corrected chi connectivity index (χ2v) is 8.75. The average Bonchev–Trinajstić information content (AvgIpc) is 3.11. The summed E-state index contributed by atoms with van der Waals surface area (Å²) in [6, 6.07) is 19.9. The number of para-hydroxylation sites is 1. The number of benzene rings is 2. The van der Waals surface area contributed by atoms with Gasteiger partial charge in [0.05, 0.1) is 5.69 Å². The highest BCUT2D eigenvalue weighted by Gasteiger charge is 2.20. The van der Waals surface area contributed by atoms with Crippen molar-refractivity contribution in [3.63, 3.8) is 0 Å². The quantitative estimate of drug-likeness (QED) is 0.354. The van der Waals surface area contributed by atoms with Gasteiger partial charge in [-0.3, -0.25) is 9.72 Å². The Morgan fingerprint density at radius 1 is 0.844 bits per heavy atom. The lowest BCUT2D eigenvalue weighted by molar-refractivity contribution is 0.262. The molecule has 4 rings (SSSR count). The molecule has 2 heterocycles. The Morgan fingerprint density at radius 3 is 2.16 bits per heavy atom. The van der Waals surface area contributed by atoms with Gasteiger partial charge in [-0.25, -0.2) is 9.78 Å². The van der Waals surface area contributed by atoms with Gasteiger partial charge in [0.25, 0.3) is 0 Å². The minimum absolute atomic E-state index is 0.293. The minimum Gasteiger partial charge on any atom is -0.307 e. The molecule has 0 aliphatic rings. The molecule has 0 saturated carbocycles. The van der Waals surface area contributed by atoms with E-state index in [1.54, 1.807) is 0 Å². The first kappa shape index (κ1) is 21.6. The van der Waals surface area contributed by atoms with Gasteiger partial charge in [0.1, 0.15) is 5.65 Å². The van der Waals surface area contributed by atoms with Gasteiger partial charge in [-0.05, 0) is 47.6 Å². The minimum atomic E-state index is -0.293. The summed E-state index contributed by atoms with van der Waals surface area (Å²) in [5, 5.41) is 6.15. The molecule has 0 fully saturated rings. The lowest BCUT2D eigenvalue weighted by atomic mass is 9.93. The SMILES string of the molecule is Cc1ccccc1-c1c(NC(=O)Nc2c(C(C)C)cccc2C(C)C)nc2ccccn12. The number of imidazole rings is 1. The summed E-state index contributed by atoms with van der Waals surface area (Å²) in [6.45, 7) is 10.6. The molecule has 32 heavy (non-hydrogen) atoms. The first-order chi connectivity index (χ1) is 15.4. The third kappa shape index (κ3) is 4.11. The predicted octanol–water partition coefficient (Wildman–Crippen LogP) is 7.20. The van der Waals surface area contributed by atoms with Crippen LogP contribution >= 0.6 is 0 Å². The number of aromatic nitrogens is 2. The van der Waals surface area contributed by atoms with Crippen molar-refractivity contribution in [3.05, 3.63) is 83.6 Å². The predicted molar refractivity (Wildman–Crippen MR) is 133 cm³/mol. The molecule has 0 unspecified atom stereocenters. The van der Waals surface area contributed by atoms with Gasteiger partial charge >= 0.3 is 6.03 Å². The molecule has 0 aliphatic heterocycles. The molecule has 164 valence electrons. The molecule has 2 aromatic carbocycles. The number of nitrogens with zero attached hydrogens (tertiary/aromatic N) is 2. The molecule has 0 atom stereocenters. The van der Waals surface area contributed by atoms with Gasteiger partial charge < -0.3 is 5.32 Å². The molecule has 5 nitrogen and oxygen atoms in total. The number of hydrogen-bond donors (Lipinski definition) is 2. The summed E-state index contributed by atoms with van der Waals surface area (Å²) < 4.78 is 2.01. The Kier molecular flexibility index (Phi) is 5.99. The highest BCUT2D eigenvalue weighted by atomic mass is 16.2. The first-order valence-electron chi connectivity index (χ1n) is 11.1. The molecule has 0 radical (unpaired) electrons. The van der Waals surface area contributed by atoms with E-state index >= 15 is 0 Å². The van der Waals surface area contributed by atoms with Crippen molar-refractivity contribution in [1.82, 2.24) is 9.38 Å². The van der Waals surface area contributed by atoms with E-state index in [-0.39, 0.29) is 6.03 Å². The molecular formula is C27H30N4O. The fraction of sp³-hybridized carbons (Fsp3) is 0.259. The zero-order valence-corrected chi connectivity index (χ0v) is 19.3. The van der Waals surface area contributed by atoms with E-state index < -0.39 is 0 Å². The summed E-state index contributed by atoms with van der Waals surface area (Å²) in [7, 11) is 0. The van der Waals surface area contributed by atoms with Crippen LogP contribution < -0.4 is 10.6 Å². The van der Waals surface area contributed by atoms with Crippen molar-refractivity contribution >= 4 is 23.2 Å². The largest absolute Gasteiger partial charge is 0.324 e.